The van der Waals surface area contributed by atoms with Gasteiger partial charge in [-0.05, 0) is 37.6 Å². The van der Waals surface area contributed by atoms with Crippen LogP contribution in [0.4, 0.5) is 0 Å². The number of carbonyl (C=O) groups excluding carboxylic acids is 1. The Morgan fingerprint density at radius 3 is 2.59 bits per heavy atom. The molecular formula is C21H32N4O2. The third-order valence-electron chi connectivity index (χ3n) is 5.09. The molecule has 0 fully saturated rings. The van der Waals surface area contributed by atoms with E-state index in [1.807, 2.05) is 18.2 Å². The molecule has 0 bridgehead atoms. The quantitative estimate of drug-likeness (QED) is 0.696. The maximum absolute atomic E-state index is 12.5. The lowest BCUT2D eigenvalue weighted by atomic mass is 10.0. The van der Waals surface area contributed by atoms with Crippen LogP contribution in [0.25, 0.3) is 10.9 Å². The first-order valence-corrected chi connectivity index (χ1v) is 9.92. The van der Waals surface area contributed by atoms with Gasteiger partial charge in [0, 0.05) is 25.6 Å². The Morgan fingerprint density at radius 2 is 1.93 bits per heavy atom. The summed E-state index contributed by atoms with van der Waals surface area (Å²) in [7, 11) is 0. The summed E-state index contributed by atoms with van der Waals surface area (Å²) >= 11 is 0. The third kappa shape index (κ3) is 5.63. The largest absolute Gasteiger partial charge is 0.355 e. The van der Waals surface area contributed by atoms with E-state index in [0.29, 0.717) is 48.8 Å². The molecule has 6 heteroatoms. The van der Waals surface area contributed by atoms with Crippen LogP contribution in [0.15, 0.2) is 35.4 Å². The zero-order chi connectivity index (χ0) is 19.8. The van der Waals surface area contributed by atoms with Crippen LogP contribution in [-0.4, -0.2) is 46.0 Å². The Kier molecular flexibility index (Phi) is 7.98. The van der Waals surface area contributed by atoms with Crippen LogP contribution in [0, 0.1) is 5.92 Å². The van der Waals surface area contributed by atoms with Gasteiger partial charge in [-0.25, -0.2) is 4.98 Å². The molecule has 0 aliphatic carbocycles. The number of carbonyl (C=O) groups is 1. The highest BCUT2D eigenvalue weighted by Crippen LogP contribution is 2.10. The summed E-state index contributed by atoms with van der Waals surface area (Å²) in [6.07, 6.45) is 2.59. The molecule has 0 unspecified atom stereocenters. The number of aryl methyl sites for hydroxylation is 1. The van der Waals surface area contributed by atoms with Crippen molar-refractivity contribution in [1.82, 2.24) is 19.8 Å². The Balaban J connectivity index is 1.85. The minimum absolute atomic E-state index is 0.0367. The summed E-state index contributed by atoms with van der Waals surface area (Å²) in [6.45, 7) is 11.8. The van der Waals surface area contributed by atoms with Crippen molar-refractivity contribution < 1.29 is 4.79 Å². The number of nitrogens with zero attached hydrogens (tertiary/aromatic N) is 3. The molecule has 1 amide bonds. The lowest BCUT2D eigenvalue weighted by Crippen LogP contribution is -2.46. The standard InChI is InChI=1S/C21H32N4O2/c1-5-24(6-2)19(16(3)4)14-22-20(26)12-9-13-25-15-23-18-11-8-7-10-17(18)21(25)27/h7-8,10-11,15-16,19H,5-6,9,12-14H2,1-4H3,(H,22,26)/t19-/m1/s1. The van der Waals surface area contributed by atoms with Gasteiger partial charge in [0.1, 0.15) is 0 Å². The number of aromatic nitrogens is 2. The van der Waals surface area contributed by atoms with Crippen LogP contribution in [0.3, 0.4) is 0 Å². The predicted molar refractivity (Wildman–Crippen MR) is 110 cm³/mol. The van der Waals surface area contributed by atoms with E-state index in [2.05, 4.69) is 42.9 Å². The Labute approximate surface area is 161 Å². The van der Waals surface area contributed by atoms with Crippen molar-refractivity contribution >= 4 is 16.8 Å². The van der Waals surface area contributed by atoms with E-state index in [-0.39, 0.29) is 11.5 Å². The Hall–Kier alpha value is -2.21. The van der Waals surface area contributed by atoms with Gasteiger partial charge in [0.15, 0.2) is 0 Å². The van der Waals surface area contributed by atoms with Crippen LogP contribution in [0.1, 0.15) is 40.5 Å². The fourth-order valence-electron chi connectivity index (χ4n) is 3.46. The van der Waals surface area contributed by atoms with Gasteiger partial charge in [-0.15, -0.1) is 0 Å². The second kappa shape index (κ2) is 10.2. The molecule has 0 saturated heterocycles. The van der Waals surface area contributed by atoms with Crippen molar-refractivity contribution in [2.75, 3.05) is 19.6 Å². The first kappa shape index (κ1) is 21.1. The molecule has 6 nitrogen and oxygen atoms in total. The SMILES string of the molecule is CCN(CC)[C@H](CNC(=O)CCCn1cnc2ccccc2c1=O)C(C)C. The summed E-state index contributed by atoms with van der Waals surface area (Å²) in [5, 5.41) is 3.67. The number of rotatable bonds is 10. The number of amides is 1. The smallest absolute Gasteiger partial charge is 0.261 e. The van der Waals surface area contributed by atoms with Gasteiger partial charge in [-0.3, -0.25) is 19.1 Å². The average Bonchev–Trinajstić information content (AvgIpc) is 2.66. The van der Waals surface area contributed by atoms with Gasteiger partial charge >= 0.3 is 0 Å². The van der Waals surface area contributed by atoms with Gasteiger partial charge in [0.05, 0.1) is 17.2 Å². The Bertz CT molecular complexity index is 796. The van der Waals surface area contributed by atoms with E-state index in [4.69, 9.17) is 0 Å². The van der Waals surface area contributed by atoms with E-state index in [0.717, 1.165) is 13.1 Å². The van der Waals surface area contributed by atoms with Gasteiger partial charge in [-0.2, -0.15) is 0 Å². The van der Waals surface area contributed by atoms with E-state index >= 15 is 0 Å². The highest BCUT2D eigenvalue weighted by Gasteiger charge is 2.19. The molecule has 0 spiro atoms. The Morgan fingerprint density at radius 1 is 1.22 bits per heavy atom. The minimum Gasteiger partial charge on any atom is -0.355 e. The monoisotopic (exact) mass is 372 g/mol. The average molecular weight is 373 g/mol. The molecule has 1 heterocycles. The zero-order valence-corrected chi connectivity index (χ0v) is 16.9. The van der Waals surface area contributed by atoms with Crippen LogP contribution in [0.5, 0.6) is 0 Å². The number of para-hydroxylation sites is 1. The molecule has 1 aromatic heterocycles. The van der Waals surface area contributed by atoms with Gasteiger partial charge < -0.3 is 5.32 Å². The number of likely N-dealkylation sites (N-methyl/N-ethyl adjacent to an activating group) is 1. The molecule has 2 aromatic rings. The zero-order valence-electron chi connectivity index (χ0n) is 16.9. The minimum atomic E-state index is -0.0533. The summed E-state index contributed by atoms with van der Waals surface area (Å²) in [4.78, 5) is 31.4. The second-order valence-electron chi connectivity index (χ2n) is 7.20. The molecule has 1 atom stereocenters. The molecule has 1 aromatic carbocycles. The van der Waals surface area contributed by atoms with Crippen molar-refractivity contribution in [3.8, 4) is 0 Å². The van der Waals surface area contributed by atoms with Crippen molar-refractivity contribution in [1.29, 1.82) is 0 Å². The summed E-state index contributed by atoms with van der Waals surface area (Å²) < 4.78 is 1.59. The fraction of sp³-hybridized carbons (Fsp3) is 0.571. The maximum atomic E-state index is 12.5. The van der Waals surface area contributed by atoms with Gasteiger partial charge in [-0.1, -0.05) is 39.8 Å². The highest BCUT2D eigenvalue weighted by molar-refractivity contribution is 5.77. The van der Waals surface area contributed by atoms with Crippen LogP contribution in [0.2, 0.25) is 0 Å². The first-order valence-electron chi connectivity index (χ1n) is 9.92. The number of nitrogens with one attached hydrogen (secondary N) is 1. The lowest BCUT2D eigenvalue weighted by molar-refractivity contribution is -0.121. The molecule has 1 N–H and O–H groups in total. The van der Waals surface area contributed by atoms with Crippen LogP contribution in [-0.2, 0) is 11.3 Å². The topological polar surface area (TPSA) is 67.2 Å². The fourth-order valence-corrected chi connectivity index (χ4v) is 3.46. The summed E-state index contributed by atoms with van der Waals surface area (Å²) in [5.41, 5.74) is 0.648. The summed E-state index contributed by atoms with van der Waals surface area (Å²) in [6, 6.07) is 7.66. The number of hydrogen-bond donors (Lipinski definition) is 1. The van der Waals surface area contributed by atoms with E-state index in [9.17, 15) is 9.59 Å². The number of fused-ring (bicyclic) bond motifs is 1. The normalized spacial score (nSPS) is 12.7. The summed E-state index contributed by atoms with van der Waals surface area (Å²) in [5.74, 6) is 0.516. The molecule has 2 rings (SSSR count). The van der Waals surface area contributed by atoms with Gasteiger partial charge in [0.25, 0.3) is 5.56 Å². The first-order chi connectivity index (χ1) is 13.0. The predicted octanol–water partition coefficient (Wildman–Crippen LogP) is 2.66. The lowest BCUT2D eigenvalue weighted by Gasteiger charge is -2.32. The van der Waals surface area contributed by atoms with Crippen molar-refractivity contribution in [3.05, 3.63) is 40.9 Å². The molecular weight excluding hydrogens is 340 g/mol. The van der Waals surface area contributed by atoms with E-state index < -0.39 is 0 Å². The molecule has 0 saturated carbocycles. The number of benzene rings is 1. The number of hydrogen-bond acceptors (Lipinski definition) is 4. The maximum Gasteiger partial charge on any atom is 0.261 e. The third-order valence-corrected chi connectivity index (χ3v) is 5.09. The van der Waals surface area contributed by atoms with Crippen LogP contribution < -0.4 is 10.9 Å². The van der Waals surface area contributed by atoms with Crippen molar-refractivity contribution in [2.24, 2.45) is 5.92 Å². The highest BCUT2D eigenvalue weighted by atomic mass is 16.1. The van der Waals surface area contributed by atoms with Crippen molar-refractivity contribution in [3.63, 3.8) is 0 Å². The second-order valence-corrected chi connectivity index (χ2v) is 7.20. The van der Waals surface area contributed by atoms with E-state index in [1.165, 1.54) is 0 Å². The van der Waals surface area contributed by atoms with E-state index in [1.54, 1.807) is 17.0 Å². The molecule has 148 valence electrons. The molecule has 0 radical (unpaired) electrons. The molecule has 27 heavy (non-hydrogen) atoms. The van der Waals surface area contributed by atoms with Crippen molar-refractivity contribution in [2.45, 2.75) is 53.1 Å². The van der Waals surface area contributed by atoms with Crippen LogP contribution >= 0.6 is 0 Å². The van der Waals surface area contributed by atoms with Gasteiger partial charge in [0.2, 0.25) is 5.91 Å². The molecule has 0 aliphatic heterocycles. The molecule has 0 aliphatic rings.